The number of piperidine rings is 2. The van der Waals surface area contributed by atoms with Gasteiger partial charge in [0, 0.05) is 19.1 Å². The fraction of sp³-hybridized carbons (Fsp3) is 0.929. The Hall–Kier alpha value is -0.650. The second-order valence-electron chi connectivity index (χ2n) is 5.78. The highest BCUT2D eigenvalue weighted by Gasteiger charge is 2.27. The molecule has 0 radical (unpaired) electrons. The second-order valence-corrected chi connectivity index (χ2v) is 5.78. The lowest BCUT2D eigenvalue weighted by Crippen LogP contribution is -2.48. The van der Waals surface area contributed by atoms with Crippen LogP contribution in [0.4, 0.5) is 0 Å². The predicted octanol–water partition coefficient (Wildman–Crippen LogP) is 1.04. The molecule has 2 rings (SSSR count). The minimum absolute atomic E-state index is 0.120. The van der Waals surface area contributed by atoms with Gasteiger partial charge in [0.25, 0.3) is 0 Å². The van der Waals surface area contributed by atoms with Crippen molar-refractivity contribution in [2.45, 2.75) is 44.2 Å². The topological polar surface area (TPSA) is 53.0 Å². The van der Waals surface area contributed by atoms with Crippen LogP contribution in [0, 0.1) is 0 Å². The third kappa shape index (κ3) is 4.75. The molecule has 0 aromatic heterocycles. The lowest BCUT2D eigenvalue weighted by Gasteiger charge is -2.41. The molecule has 19 heavy (non-hydrogen) atoms. The van der Waals surface area contributed by atoms with E-state index in [9.17, 15) is 4.79 Å². The molecule has 2 heterocycles. The summed E-state index contributed by atoms with van der Waals surface area (Å²) < 4.78 is 5.63. The smallest absolute Gasteiger partial charge is 0.305 e. The molecule has 0 saturated carbocycles. The third-order valence-corrected chi connectivity index (χ3v) is 4.35. The van der Waals surface area contributed by atoms with E-state index in [2.05, 4.69) is 16.8 Å². The molecule has 110 valence electrons. The number of likely N-dealkylation sites (tertiary alicyclic amines) is 2. The van der Waals surface area contributed by atoms with E-state index in [1.807, 2.05) is 0 Å². The van der Waals surface area contributed by atoms with Gasteiger partial charge in [-0.3, -0.25) is 4.79 Å². The van der Waals surface area contributed by atoms with E-state index in [-0.39, 0.29) is 12.5 Å². The molecule has 1 N–H and O–H groups in total. The average Bonchev–Trinajstić information content (AvgIpc) is 2.40. The lowest BCUT2D eigenvalue weighted by molar-refractivity contribution is -0.138. The Bertz CT molecular complexity index is 282. The zero-order valence-electron chi connectivity index (χ0n) is 11.9. The van der Waals surface area contributed by atoms with Crippen LogP contribution < -0.4 is 0 Å². The quantitative estimate of drug-likeness (QED) is 0.809. The SMILES string of the molecule is CN1CCC(N2CCC(OCCC(=O)O)CC2)CC1. The summed E-state index contributed by atoms with van der Waals surface area (Å²) in [6.45, 7) is 4.98. The van der Waals surface area contributed by atoms with E-state index >= 15 is 0 Å². The fourth-order valence-electron chi connectivity index (χ4n) is 3.08. The number of nitrogens with zero attached hydrogens (tertiary/aromatic N) is 2. The molecule has 0 atom stereocenters. The molecule has 0 unspecified atom stereocenters. The summed E-state index contributed by atoms with van der Waals surface area (Å²) in [6, 6.07) is 0.746. The van der Waals surface area contributed by atoms with Crippen LogP contribution in [0.25, 0.3) is 0 Å². The van der Waals surface area contributed by atoms with Crippen molar-refractivity contribution in [3.8, 4) is 0 Å². The molecule has 2 saturated heterocycles. The second kappa shape index (κ2) is 7.22. The van der Waals surface area contributed by atoms with Crippen LogP contribution in [0.15, 0.2) is 0 Å². The van der Waals surface area contributed by atoms with Crippen molar-refractivity contribution in [3.63, 3.8) is 0 Å². The van der Waals surface area contributed by atoms with Crippen LogP contribution in [0.1, 0.15) is 32.1 Å². The Morgan fingerprint density at radius 2 is 1.79 bits per heavy atom. The maximum absolute atomic E-state index is 10.4. The van der Waals surface area contributed by atoms with E-state index in [1.54, 1.807) is 0 Å². The van der Waals surface area contributed by atoms with Gasteiger partial charge in [0.2, 0.25) is 0 Å². The van der Waals surface area contributed by atoms with E-state index in [0.717, 1.165) is 32.0 Å². The summed E-state index contributed by atoms with van der Waals surface area (Å²) in [6.07, 6.45) is 5.04. The zero-order valence-corrected chi connectivity index (χ0v) is 11.9. The van der Waals surface area contributed by atoms with Gasteiger partial charge in [0.15, 0.2) is 0 Å². The number of carbonyl (C=O) groups is 1. The number of hydrogen-bond acceptors (Lipinski definition) is 4. The maximum atomic E-state index is 10.4. The summed E-state index contributed by atoms with van der Waals surface area (Å²) >= 11 is 0. The predicted molar refractivity (Wildman–Crippen MR) is 73.3 cm³/mol. The van der Waals surface area contributed by atoms with E-state index < -0.39 is 5.97 Å². The van der Waals surface area contributed by atoms with Crippen LogP contribution in [0.2, 0.25) is 0 Å². The van der Waals surface area contributed by atoms with Gasteiger partial charge in [0.1, 0.15) is 0 Å². The van der Waals surface area contributed by atoms with Gasteiger partial charge >= 0.3 is 5.97 Å². The molecular formula is C14H26N2O3. The summed E-state index contributed by atoms with van der Waals surface area (Å²) in [5.74, 6) is -0.774. The minimum atomic E-state index is -0.774. The number of hydrogen-bond donors (Lipinski definition) is 1. The lowest BCUT2D eigenvalue weighted by atomic mass is 9.99. The van der Waals surface area contributed by atoms with Gasteiger partial charge < -0.3 is 19.6 Å². The van der Waals surface area contributed by atoms with Crippen molar-refractivity contribution >= 4 is 5.97 Å². The van der Waals surface area contributed by atoms with Crippen molar-refractivity contribution < 1.29 is 14.6 Å². The minimum Gasteiger partial charge on any atom is -0.481 e. The molecule has 5 heteroatoms. The zero-order chi connectivity index (χ0) is 13.7. The van der Waals surface area contributed by atoms with Crippen molar-refractivity contribution in [1.29, 1.82) is 0 Å². The number of rotatable bonds is 5. The average molecular weight is 270 g/mol. The van der Waals surface area contributed by atoms with E-state index in [1.165, 1.54) is 25.9 Å². The molecule has 2 aliphatic rings. The summed E-state index contributed by atoms with van der Waals surface area (Å²) in [5.41, 5.74) is 0. The Labute approximate surface area is 115 Å². The fourth-order valence-corrected chi connectivity index (χ4v) is 3.08. The molecule has 0 aromatic carbocycles. The molecular weight excluding hydrogens is 244 g/mol. The molecule has 0 spiro atoms. The number of ether oxygens (including phenoxy) is 1. The van der Waals surface area contributed by atoms with Gasteiger partial charge in [-0.2, -0.15) is 0 Å². The van der Waals surface area contributed by atoms with Crippen LogP contribution in [0.3, 0.4) is 0 Å². The summed E-state index contributed by atoms with van der Waals surface area (Å²) in [4.78, 5) is 15.4. The van der Waals surface area contributed by atoms with Crippen molar-refractivity contribution in [2.75, 3.05) is 39.8 Å². The summed E-state index contributed by atoms with van der Waals surface area (Å²) in [7, 11) is 2.19. The first-order valence-electron chi connectivity index (χ1n) is 7.41. The number of carboxylic acid groups (broad SMARTS) is 1. The normalized spacial score (nSPS) is 24.7. The first-order chi connectivity index (χ1) is 9.15. The number of carboxylic acids is 1. The molecule has 2 aliphatic heterocycles. The van der Waals surface area contributed by atoms with Crippen LogP contribution in [-0.4, -0.2) is 72.9 Å². The Balaban J connectivity index is 1.63. The van der Waals surface area contributed by atoms with Gasteiger partial charge in [-0.25, -0.2) is 0 Å². The maximum Gasteiger partial charge on any atom is 0.305 e. The van der Waals surface area contributed by atoms with Gasteiger partial charge in [-0.1, -0.05) is 0 Å². The highest BCUT2D eigenvalue weighted by molar-refractivity contribution is 5.66. The van der Waals surface area contributed by atoms with E-state index in [0.29, 0.717) is 6.61 Å². The van der Waals surface area contributed by atoms with Crippen LogP contribution in [-0.2, 0) is 9.53 Å². The number of aliphatic carboxylic acids is 1. The van der Waals surface area contributed by atoms with E-state index in [4.69, 9.17) is 9.84 Å². The molecule has 0 bridgehead atoms. The Kier molecular flexibility index (Phi) is 5.60. The molecule has 0 aliphatic carbocycles. The van der Waals surface area contributed by atoms with Gasteiger partial charge in [-0.05, 0) is 45.8 Å². The van der Waals surface area contributed by atoms with Crippen molar-refractivity contribution in [3.05, 3.63) is 0 Å². The van der Waals surface area contributed by atoms with Crippen LogP contribution in [0.5, 0.6) is 0 Å². The van der Waals surface area contributed by atoms with Gasteiger partial charge in [0.05, 0.1) is 19.1 Å². The highest BCUT2D eigenvalue weighted by atomic mass is 16.5. The van der Waals surface area contributed by atoms with Crippen LogP contribution >= 0.6 is 0 Å². The third-order valence-electron chi connectivity index (χ3n) is 4.35. The molecule has 5 nitrogen and oxygen atoms in total. The summed E-state index contributed by atoms with van der Waals surface area (Å²) in [5, 5.41) is 8.58. The van der Waals surface area contributed by atoms with Crippen molar-refractivity contribution in [2.24, 2.45) is 0 Å². The van der Waals surface area contributed by atoms with Crippen molar-refractivity contribution in [1.82, 2.24) is 9.80 Å². The van der Waals surface area contributed by atoms with Gasteiger partial charge in [-0.15, -0.1) is 0 Å². The Morgan fingerprint density at radius 3 is 2.37 bits per heavy atom. The first kappa shape index (κ1) is 14.8. The first-order valence-corrected chi connectivity index (χ1v) is 7.41. The highest BCUT2D eigenvalue weighted by Crippen LogP contribution is 2.21. The molecule has 0 amide bonds. The molecule has 2 fully saturated rings. The molecule has 0 aromatic rings. The monoisotopic (exact) mass is 270 g/mol. The Morgan fingerprint density at radius 1 is 1.16 bits per heavy atom. The largest absolute Gasteiger partial charge is 0.481 e. The standard InChI is InChI=1S/C14H26N2O3/c1-15-7-2-12(3-8-15)16-9-4-13(5-10-16)19-11-6-14(17)18/h12-13H,2-11H2,1H3,(H,17,18).